The molecule has 6 nitrogen and oxygen atoms in total. The number of amides is 1. The monoisotopic (exact) mass is 346 g/mol. The minimum absolute atomic E-state index is 0.0875. The summed E-state index contributed by atoms with van der Waals surface area (Å²) in [7, 11) is 0. The molecule has 1 aromatic heterocycles. The number of nitrogens with zero attached hydrogens (tertiary/aromatic N) is 3. The zero-order valence-corrected chi connectivity index (χ0v) is 15.6. The maximum Gasteiger partial charge on any atom is 0.245 e. The third-order valence-corrected chi connectivity index (χ3v) is 5.97. The molecular formula is C19H30N4O2. The van der Waals surface area contributed by atoms with Gasteiger partial charge in [0.1, 0.15) is 11.3 Å². The Kier molecular flexibility index (Phi) is 4.73. The molecule has 6 heteroatoms. The van der Waals surface area contributed by atoms with E-state index in [-0.39, 0.29) is 23.0 Å². The fourth-order valence-electron chi connectivity index (χ4n) is 3.92. The van der Waals surface area contributed by atoms with E-state index in [4.69, 9.17) is 5.73 Å². The van der Waals surface area contributed by atoms with Crippen LogP contribution in [0.5, 0.6) is 0 Å². The molecule has 0 aromatic carbocycles. The van der Waals surface area contributed by atoms with E-state index in [2.05, 4.69) is 10.3 Å². The summed E-state index contributed by atoms with van der Waals surface area (Å²) in [5, 5.41) is 8.58. The molecule has 0 unspecified atom stereocenters. The standard InChI is InChI=1S/C19H30N4O2/c1-18(2,3)16(24)11-14(13-7-5-4-6-8-13)15-12-23(22-21-15)19(9-10-19)17(20)25/h12-14H,4-11H2,1-3H3,(H2,20,25)/t14-/m0/s1. The van der Waals surface area contributed by atoms with Gasteiger partial charge in [-0.15, -0.1) is 5.10 Å². The van der Waals surface area contributed by atoms with Crippen LogP contribution in [0.15, 0.2) is 6.20 Å². The van der Waals surface area contributed by atoms with E-state index >= 15 is 0 Å². The lowest BCUT2D eigenvalue weighted by Gasteiger charge is -2.30. The highest BCUT2D eigenvalue weighted by molar-refractivity contribution is 5.85. The van der Waals surface area contributed by atoms with Crippen molar-refractivity contribution in [2.24, 2.45) is 17.1 Å². The van der Waals surface area contributed by atoms with Gasteiger partial charge in [-0.25, -0.2) is 4.68 Å². The Morgan fingerprint density at radius 3 is 2.44 bits per heavy atom. The van der Waals surface area contributed by atoms with Crippen LogP contribution < -0.4 is 5.73 Å². The van der Waals surface area contributed by atoms with Gasteiger partial charge in [0.2, 0.25) is 5.91 Å². The molecule has 0 spiro atoms. The molecule has 0 aliphatic heterocycles. The Morgan fingerprint density at radius 1 is 1.28 bits per heavy atom. The largest absolute Gasteiger partial charge is 0.368 e. The average molecular weight is 346 g/mol. The lowest BCUT2D eigenvalue weighted by atomic mass is 9.74. The Balaban J connectivity index is 1.85. The maximum atomic E-state index is 12.7. The second-order valence-electron chi connectivity index (χ2n) is 8.87. The highest BCUT2D eigenvalue weighted by atomic mass is 16.2. The van der Waals surface area contributed by atoms with Gasteiger partial charge in [-0.3, -0.25) is 9.59 Å². The van der Waals surface area contributed by atoms with Crippen LogP contribution in [-0.4, -0.2) is 26.7 Å². The van der Waals surface area contributed by atoms with E-state index in [1.54, 1.807) is 4.68 Å². The van der Waals surface area contributed by atoms with Crippen molar-refractivity contribution in [3.8, 4) is 0 Å². The van der Waals surface area contributed by atoms with E-state index in [1.165, 1.54) is 19.3 Å². The predicted octanol–water partition coefficient (Wildman–Crippen LogP) is 2.92. The van der Waals surface area contributed by atoms with Gasteiger partial charge in [-0.1, -0.05) is 45.2 Å². The molecule has 0 bridgehead atoms. The van der Waals surface area contributed by atoms with Gasteiger partial charge in [-0.05, 0) is 31.6 Å². The van der Waals surface area contributed by atoms with Gasteiger partial charge < -0.3 is 5.73 Å². The second-order valence-corrected chi connectivity index (χ2v) is 8.87. The second kappa shape index (κ2) is 6.54. The predicted molar refractivity (Wildman–Crippen MR) is 94.8 cm³/mol. The Morgan fingerprint density at radius 2 is 1.92 bits per heavy atom. The molecule has 1 atom stereocenters. The fraction of sp³-hybridized carbons (Fsp3) is 0.789. The Bertz CT molecular complexity index is 649. The summed E-state index contributed by atoms with van der Waals surface area (Å²) < 4.78 is 1.64. The van der Waals surface area contributed by atoms with Crippen molar-refractivity contribution < 1.29 is 9.59 Å². The Labute approximate surface area is 149 Å². The molecule has 2 N–H and O–H groups in total. The zero-order chi connectivity index (χ0) is 18.2. The topological polar surface area (TPSA) is 90.9 Å². The third kappa shape index (κ3) is 3.62. The molecule has 1 aromatic rings. The van der Waals surface area contributed by atoms with Crippen molar-refractivity contribution in [2.75, 3.05) is 0 Å². The van der Waals surface area contributed by atoms with Gasteiger partial charge in [-0.2, -0.15) is 0 Å². The number of ketones is 1. The van der Waals surface area contributed by atoms with Crippen molar-refractivity contribution in [2.45, 2.75) is 83.6 Å². The first-order valence-corrected chi connectivity index (χ1v) is 9.50. The number of carbonyl (C=O) groups is 2. The smallest absolute Gasteiger partial charge is 0.245 e. The molecule has 1 amide bonds. The first-order chi connectivity index (χ1) is 11.7. The van der Waals surface area contributed by atoms with Crippen molar-refractivity contribution >= 4 is 11.7 Å². The SMILES string of the molecule is CC(C)(C)C(=O)C[C@H](c1cn(C2(C(N)=O)CC2)nn1)C1CCCCC1. The molecule has 2 saturated carbocycles. The number of rotatable bonds is 6. The van der Waals surface area contributed by atoms with E-state index in [9.17, 15) is 9.59 Å². The number of hydrogen-bond donors (Lipinski definition) is 1. The number of aromatic nitrogens is 3. The van der Waals surface area contributed by atoms with Gasteiger partial charge >= 0.3 is 0 Å². The molecule has 2 aliphatic rings. The Hall–Kier alpha value is -1.72. The molecule has 2 fully saturated rings. The molecule has 138 valence electrons. The normalized spacial score (nSPS) is 21.7. The van der Waals surface area contributed by atoms with Crippen LogP contribution in [0.1, 0.15) is 83.7 Å². The van der Waals surface area contributed by atoms with Gasteiger partial charge in [0, 0.05) is 24.0 Å². The molecule has 3 rings (SSSR count). The van der Waals surface area contributed by atoms with Crippen molar-refractivity contribution in [1.82, 2.24) is 15.0 Å². The highest BCUT2D eigenvalue weighted by Crippen LogP contribution is 2.44. The highest BCUT2D eigenvalue weighted by Gasteiger charge is 2.52. The lowest BCUT2D eigenvalue weighted by molar-refractivity contribution is -0.127. The van der Waals surface area contributed by atoms with E-state index in [1.807, 2.05) is 27.0 Å². The van der Waals surface area contributed by atoms with Gasteiger partial charge in [0.25, 0.3) is 0 Å². The van der Waals surface area contributed by atoms with Crippen molar-refractivity contribution in [3.63, 3.8) is 0 Å². The minimum atomic E-state index is -0.684. The molecule has 2 aliphatic carbocycles. The summed E-state index contributed by atoms with van der Waals surface area (Å²) >= 11 is 0. The van der Waals surface area contributed by atoms with Crippen molar-refractivity contribution in [1.29, 1.82) is 0 Å². The van der Waals surface area contributed by atoms with E-state index in [0.717, 1.165) is 31.4 Å². The number of nitrogens with two attached hydrogens (primary N) is 1. The van der Waals surface area contributed by atoms with E-state index < -0.39 is 5.54 Å². The van der Waals surface area contributed by atoms with E-state index in [0.29, 0.717) is 12.3 Å². The first-order valence-electron chi connectivity index (χ1n) is 9.50. The van der Waals surface area contributed by atoms with Crippen LogP contribution in [0.3, 0.4) is 0 Å². The summed E-state index contributed by atoms with van der Waals surface area (Å²) in [5.74, 6) is 0.468. The zero-order valence-electron chi connectivity index (χ0n) is 15.6. The minimum Gasteiger partial charge on any atom is -0.368 e. The van der Waals surface area contributed by atoms with Crippen LogP contribution in [0.25, 0.3) is 0 Å². The molecule has 0 radical (unpaired) electrons. The number of Topliss-reactive ketones (excluding diaryl/α,β-unsaturated/α-hetero) is 1. The summed E-state index contributed by atoms with van der Waals surface area (Å²) in [6.45, 7) is 5.91. The summed E-state index contributed by atoms with van der Waals surface area (Å²) in [6, 6.07) is 0. The maximum absolute atomic E-state index is 12.7. The number of hydrogen-bond acceptors (Lipinski definition) is 4. The summed E-state index contributed by atoms with van der Waals surface area (Å²) in [4.78, 5) is 24.4. The molecular weight excluding hydrogens is 316 g/mol. The third-order valence-electron chi connectivity index (χ3n) is 5.97. The fourth-order valence-corrected chi connectivity index (χ4v) is 3.92. The van der Waals surface area contributed by atoms with Crippen LogP contribution in [0.2, 0.25) is 0 Å². The van der Waals surface area contributed by atoms with Crippen LogP contribution in [0, 0.1) is 11.3 Å². The van der Waals surface area contributed by atoms with Crippen molar-refractivity contribution in [3.05, 3.63) is 11.9 Å². The van der Waals surface area contributed by atoms with Gasteiger partial charge in [0.05, 0.1) is 5.69 Å². The number of carbonyl (C=O) groups excluding carboxylic acids is 2. The molecule has 0 saturated heterocycles. The first kappa shape index (κ1) is 18.1. The van der Waals surface area contributed by atoms with Crippen LogP contribution in [0.4, 0.5) is 0 Å². The van der Waals surface area contributed by atoms with Crippen LogP contribution >= 0.6 is 0 Å². The van der Waals surface area contributed by atoms with Crippen LogP contribution in [-0.2, 0) is 15.1 Å². The summed E-state index contributed by atoms with van der Waals surface area (Å²) in [6.07, 6.45) is 9.78. The quantitative estimate of drug-likeness (QED) is 0.857. The summed E-state index contributed by atoms with van der Waals surface area (Å²) in [5.41, 5.74) is 5.36. The number of primary amides is 1. The van der Waals surface area contributed by atoms with Gasteiger partial charge in [0.15, 0.2) is 0 Å². The molecule has 25 heavy (non-hydrogen) atoms. The average Bonchev–Trinajstić information content (AvgIpc) is 3.24. The molecule has 1 heterocycles. The lowest BCUT2D eigenvalue weighted by Crippen LogP contribution is -2.34.